The largest absolute Gasteiger partial charge is 0.447 e. The van der Waals surface area contributed by atoms with Crippen molar-refractivity contribution in [3.63, 3.8) is 0 Å². The average Bonchev–Trinajstić information content (AvgIpc) is 3.02. The Bertz CT molecular complexity index is 378. The fraction of sp³-hybridized carbons (Fsp3) is 0.812. The quantitative estimate of drug-likeness (QED) is 0.898. The molecule has 4 nitrogen and oxygen atoms in total. The zero-order valence-corrected chi connectivity index (χ0v) is 12.4. The molecule has 0 radical (unpaired) electrons. The van der Waals surface area contributed by atoms with Crippen molar-refractivity contribution in [3.8, 4) is 0 Å². The lowest BCUT2D eigenvalue weighted by molar-refractivity contribution is 0.0330. The van der Waals surface area contributed by atoms with Gasteiger partial charge in [-0.05, 0) is 38.8 Å². The van der Waals surface area contributed by atoms with Gasteiger partial charge in [0.15, 0.2) is 6.39 Å². The molecule has 0 atom stereocenters. The van der Waals surface area contributed by atoms with Crippen LogP contribution in [0.4, 0.5) is 0 Å². The van der Waals surface area contributed by atoms with E-state index in [9.17, 15) is 0 Å². The zero-order valence-electron chi connectivity index (χ0n) is 12.4. The first-order chi connectivity index (χ1) is 9.89. The Morgan fingerprint density at radius 2 is 1.85 bits per heavy atom. The zero-order chi connectivity index (χ0) is 13.7. The lowest BCUT2D eigenvalue weighted by Gasteiger charge is -2.48. The van der Waals surface area contributed by atoms with Crippen LogP contribution >= 0.6 is 0 Å². The first-order valence-corrected chi connectivity index (χ1v) is 8.22. The van der Waals surface area contributed by atoms with Gasteiger partial charge in [-0.1, -0.05) is 25.7 Å². The summed E-state index contributed by atoms with van der Waals surface area (Å²) < 4.78 is 5.31. The van der Waals surface area contributed by atoms with Crippen LogP contribution in [0.1, 0.15) is 57.1 Å². The second-order valence-electron chi connectivity index (χ2n) is 6.40. The molecule has 112 valence electrons. The molecule has 0 aromatic carbocycles. The first kappa shape index (κ1) is 14.1. The van der Waals surface area contributed by atoms with Crippen LogP contribution < -0.4 is 5.32 Å². The summed E-state index contributed by atoms with van der Waals surface area (Å²) in [5, 5.41) is 3.62. The highest BCUT2D eigenvalue weighted by Crippen LogP contribution is 2.35. The van der Waals surface area contributed by atoms with Gasteiger partial charge in [-0.15, -0.1) is 0 Å². The predicted molar refractivity (Wildman–Crippen MR) is 79.4 cm³/mol. The van der Waals surface area contributed by atoms with Gasteiger partial charge in [0.25, 0.3) is 0 Å². The third-order valence-electron chi connectivity index (χ3n) is 5.05. The van der Waals surface area contributed by atoms with Crippen LogP contribution in [0.5, 0.6) is 0 Å². The third-order valence-corrected chi connectivity index (χ3v) is 5.05. The second-order valence-corrected chi connectivity index (χ2v) is 6.40. The van der Waals surface area contributed by atoms with E-state index in [1.165, 1.54) is 70.8 Å². The molecule has 0 amide bonds. The third kappa shape index (κ3) is 3.23. The molecule has 3 rings (SSSR count). The van der Waals surface area contributed by atoms with Gasteiger partial charge in [-0.25, -0.2) is 4.98 Å². The van der Waals surface area contributed by atoms with Crippen molar-refractivity contribution in [2.24, 2.45) is 0 Å². The number of nitrogens with zero attached hydrogens (tertiary/aromatic N) is 2. The topological polar surface area (TPSA) is 41.3 Å². The number of piperidine rings is 1. The van der Waals surface area contributed by atoms with Gasteiger partial charge >= 0.3 is 0 Å². The van der Waals surface area contributed by atoms with Crippen LogP contribution in [0.2, 0.25) is 0 Å². The molecular formula is C16H27N3O. The van der Waals surface area contributed by atoms with Gasteiger partial charge in [-0.2, -0.15) is 0 Å². The number of oxazole rings is 1. The number of rotatable bonds is 5. The molecule has 1 saturated heterocycles. The minimum atomic E-state index is 0.401. The van der Waals surface area contributed by atoms with Crippen molar-refractivity contribution >= 4 is 0 Å². The van der Waals surface area contributed by atoms with Gasteiger partial charge in [0, 0.05) is 12.1 Å². The molecule has 2 heterocycles. The monoisotopic (exact) mass is 277 g/mol. The Hall–Kier alpha value is -0.870. The highest BCUT2D eigenvalue weighted by molar-refractivity contribution is 4.97. The molecule has 1 N–H and O–H groups in total. The second kappa shape index (κ2) is 6.72. The van der Waals surface area contributed by atoms with Crippen LogP contribution in [0.15, 0.2) is 17.0 Å². The lowest BCUT2D eigenvalue weighted by Crippen LogP contribution is -2.57. The summed E-state index contributed by atoms with van der Waals surface area (Å²) in [6, 6.07) is 0. The Balaban J connectivity index is 1.59. The van der Waals surface area contributed by atoms with Gasteiger partial charge in [0.1, 0.15) is 5.76 Å². The molecule has 20 heavy (non-hydrogen) atoms. The van der Waals surface area contributed by atoms with Crippen LogP contribution in [0, 0.1) is 0 Å². The van der Waals surface area contributed by atoms with E-state index in [-0.39, 0.29) is 0 Å². The number of hydrogen-bond acceptors (Lipinski definition) is 4. The van der Waals surface area contributed by atoms with Crippen molar-refractivity contribution in [2.45, 2.75) is 63.5 Å². The van der Waals surface area contributed by atoms with Crippen LogP contribution in [-0.2, 0) is 6.54 Å². The summed E-state index contributed by atoms with van der Waals surface area (Å²) in [7, 11) is 0. The molecule has 0 spiro atoms. The number of nitrogens with one attached hydrogen (secondary N) is 1. The van der Waals surface area contributed by atoms with E-state index < -0.39 is 0 Å². The van der Waals surface area contributed by atoms with Crippen molar-refractivity contribution in [1.29, 1.82) is 0 Å². The van der Waals surface area contributed by atoms with E-state index in [1.54, 1.807) is 6.20 Å². The number of hydrogen-bond donors (Lipinski definition) is 1. The molecule has 1 aliphatic heterocycles. The maximum absolute atomic E-state index is 5.31. The molecule has 4 heteroatoms. The van der Waals surface area contributed by atoms with E-state index in [1.807, 2.05) is 0 Å². The number of likely N-dealkylation sites (tertiary alicyclic amines) is 1. The van der Waals surface area contributed by atoms with Crippen LogP contribution in [0.25, 0.3) is 0 Å². The fourth-order valence-electron chi connectivity index (χ4n) is 3.93. The highest BCUT2D eigenvalue weighted by atomic mass is 16.3. The summed E-state index contributed by atoms with van der Waals surface area (Å²) >= 11 is 0. The van der Waals surface area contributed by atoms with E-state index in [2.05, 4.69) is 15.2 Å². The molecule has 0 bridgehead atoms. The maximum Gasteiger partial charge on any atom is 0.180 e. The van der Waals surface area contributed by atoms with Crippen molar-refractivity contribution in [1.82, 2.24) is 15.2 Å². The Kier molecular flexibility index (Phi) is 4.73. The van der Waals surface area contributed by atoms with Crippen LogP contribution in [-0.4, -0.2) is 35.1 Å². The van der Waals surface area contributed by atoms with E-state index in [4.69, 9.17) is 4.42 Å². The van der Waals surface area contributed by atoms with Gasteiger partial charge in [0.05, 0.1) is 12.7 Å². The normalized spacial score (nSPS) is 23.8. The smallest absolute Gasteiger partial charge is 0.180 e. The summed E-state index contributed by atoms with van der Waals surface area (Å²) in [6.45, 7) is 4.48. The molecule has 2 fully saturated rings. The molecule has 1 aromatic rings. The molecule has 1 aliphatic carbocycles. The van der Waals surface area contributed by atoms with Gasteiger partial charge < -0.3 is 9.73 Å². The summed E-state index contributed by atoms with van der Waals surface area (Å²) in [5.41, 5.74) is 0.401. The van der Waals surface area contributed by atoms with Crippen molar-refractivity contribution in [3.05, 3.63) is 18.4 Å². The summed E-state index contributed by atoms with van der Waals surface area (Å²) in [5.74, 6) is 0.939. The van der Waals surface area contributed by atoms with Gasteiger partial charge in [0.2, 0.25) is 0 Å². The van der Waals surface area contributed by atoms with Crippen molar-refractivity contribution in [2.75, 3.05) is 19.6 Å². The van der Waals surface area contributed by atoms with Gasteiger partial charge in [-0.3, -0.25) is 4.90 Å². The summed E-state index contributed by atoms with van der Waals surface area (Å²) in [6.07, 6.45) is 14.4. The molecule has 0 unspecified atom stereocenters. The molecule has 1 saturated carbocycles. The van der Waals surface area contributed by atoms with E-state index in [0.29, 0.717) is 5.54 Å². The van der Waals surface area contributed by atoms with Crippen molar-refractivity contribution < 1.29 is 4.42 Å². The minimum Gasteiger partial charge on any atom is -0.447 e. The minimum absolute atomic E-state index is 0.401. The Labute approximate surface area is 121 Å². The Morgan fingerprint density at radius 3 is 2.55 bits per heavy atom. The molecular weight excluding hydrogens is 250 g/mol. The summed E-state index contributed by atoms with van der Waals surface area (Å²) in [4.78, 5) is 6.76. The first-order valence-electron chi connectivity index (χ1n) is 8.22. The van der Waals surface area contributed by atoms with E-state index >= 15 is 0 Å². The predicted octanol–water partition coefficient (Wildman–Crippen LogP) is 2.95. The molecule has 1 aromatic heterocycles. The van der Waals surface area contributed by atoms with E-state index in [0.717, 1.165) is 18.8 Å². The number of aromatic nitrogens is 1. The van der Waals surface area contributed by atoms with Crippen LogP contribution in [0.3, 0.4) is 0 Å². The maximum atomic E-state index is 5.31. The lowest BCUT2D eigenvalue weighted by atomic mass is 9.79. The standard InChI is InChI=1S/C16H27N3O/c1-3-7-16(8-4-1,19-9-5-2-6-10-19)13-17-11-15-12-18-14-20-15/h12,14,17H,1-11,13H2. The SMILES string of the molecule is c1ncc(CNCC2(N3CCCCC3)CCCCC2)o1. The average molecular weight is 277 g/mol. The molecule has 2 aliphatic rings. The highest BCUT2D eigenvalue weighted by Gasteiger charge is 2.37. The fourth-order valence-corrected chi connectivity index (χ4v) is 3.93. The Morgan fingerprint density at radius 1 is 1.10 bits per heavy atom.